The molecule has 15 heavy (non-hydrogen) atoms. The molecule has 1 atom stereocenters. The molecule has 0 aliphatic heterocycles. The Hall–Kier alpha value is -1.36. The molecule has 1 aromatic heterocycles. The fourth-order valence-corrected chi connectivity index (χ4v) is 1.31. The van der Waals surface area contributed by atoms with Gasteiger partial charge in [-0.05, 0) is 19.5 Å². The Balaban J connectivity index is 2.58. The van der Waals surface area contributed by atoms with E-state index < -0.39 is 0 Å². The maximum Gasteiger partial charge on any atom is 0.293 e. The van der Waals surface area contributed by atoms with Crippen LogP contribution in [0.25, 0.3) is 0 Å². The quantitative estimate of drug-likeness (QED) is 0.721. The van der Waals surface area contributed by atoms with E-state index in [4.69, 9.17) is 0 Å². The second-order valence-electron chi connectivity index (χ2n) is 3.74. The van der Waals surface area contributed by atoms with Gasteiger partial charge in [0.1, 0.15) is 0 Å². The Morgan fingerprint density at radius 3 is 2.93 bits per heavy atom. The maximum atomic E-state index is 11.6. The lowest BCUT2D eigenvalue weighted by atomic mass is 10.2. The van der Waals surface area contributed by atoms with Crippen molar-refractivity contribution in [3.8, 4) is 0 Å². The lowest BCUT2D eigenvalue weighted by Crippen LogP contribution is -2.27. The molecule has 0 aliphatic rings. The van der Waals surface area contributed by atoms with Crippen LogP contribution >= 0.6 is 0 Å². The van der Waals surface area contributed by atoms with Gasteiger partial charge < -0.3 is 15.2 Å². The fourth-order valence-electron chi connectivity index (χ4n) is 1.31. The first-order valence-electron chi connectivity index (χ1n) is 5.05. The third-order valence-corrected chi connectivity index (χ3v) is 2.19. The molecule has 1 aromatic rings. The molecule has 84 valence electrons. The highest BCUT2D eigenvalue weighted by Crippen LogP contribution is 1.96. The third kappa shape index (κ3) is 3.36. The topological polar surface area (TPSA) is 59.0 Å². The van der Waals surface area contributed by atoms with Crippen molar-refractivity contribution in [2.75, 3.05) is 25.5 Å². The first-order valence-corrected chi connectivity index (χ1v) is 5.05. The summed E-state index contributed by atoms with van der Waals surface area (Å²) >= 11 is 0. The number of hydrogen-bond acceptors (Lipinski definition) is 4. The monoisotopic (exact) mass is 210 g/mol. The molecular formula is C10H18N4O. The van der Waals surface area contributed by atoms with Crippen molar-refractivity contribution in [3.05, 3.63) is 22.7 Å². The molecule has 5 nitrogen and oxygen atoms in total. The molecule has 0 aliphatic carbocycles. The zero-order valence-corrected chi connectivity index (χ0v) is 9.45. The fraction of sp³-hybridized carbons (Fsp3) is 0.600. The van der Waals surface area contributed by atoms with Crippen molar-refractivity contribution >= 4 is 5.82 Å². The number of aromatic nitrogens is 2. The average Bonchev–Trinajstić information content (AvgIpc) is 2.21. The van der Waals surface area contributed by atoms with Crippen LogP contribution in [-0.2, 0) is 7.05 Å². The Kier molecular flexibility index (Phi) is 4.30. The number of rotatable bonds is 5. The van der Waals surface area contributed by atoms with Gasteiger partial charge in [0, 0.05) is 26.0 Å². The first-order chi connectivity index (χ1) is 7.15. The molecule has 0 saturated carbocycles. The second-order valence-corrected chi connectivity index (χ2v) is 3.74. The van der Waals surface area contributed by atoms with Crippen LogP contribution in [0.1, 0.15) is 6.92 Å². The van der Waals surface area contributed by atoms with Gasteiger partial charge in [-0.2, -0.15) is 0 Å². The van der Waals surface area contributed by atoms with Gasteiger partial charge in [-0.15, -0.1) is 0 Å². The number of anilines is 1. The maximum absolute atomic E-state index is 11.6. The van der Waals surface area contributed by atoms with E-state index >= 15 is 0 Å². The molecular weight excluding hydrogens is 192 g/mol. The van der Waals surface area contributed by atoms with Crippen LogP contribution in [0.4, 0.5) is 5.82 Å². The third-order valence-electron chi connectivity index (χ3n) is 2.19. The van der Waals surface area contributed by atoms with E-state index in [1.165, 1.54) is 4.57 Å². The van der Waals surface area contributed by atoms with Gasteiger partial charge in [-0.3, -0.25) is 4.79 Å². The van der Waals surface area contributed by atoms with E-state index in [0.717, 1.165) is 13.1 Å². The number of hydrogen-bond donors (Lipinski definition) is 2. The molecule has 1 rings (SSSR count). The van der Waals surface area contributed by atoms with Crippen LogP contribution in [0.5, 0.6) is 0 Å². The molecule has 0 fully saturated rings. The van der Waals surface area contributed by atoms with Crippen LogP contribution < -0.4 is 16.2 Å². The molecule has 2 N–H and O–H groups in total. The smallest absolute Gasteiger partial charge is 0.293 e. The second kappa shape index (κ2) is 5.50. The minimum Gasteiger partial charge on any atom is -0.365 e. The Morgan fingerprint density at radius 1 is 1.53 bits per heavy atom. The van der Waals surface area contributed by atoms with Gasteiger partial charge in [0.05, 0.1) is 0 Å². The van der Waals surface area contributed by atoms with E-state index in [1.54, 1.807) is 19.4 Å². The van der Waals surface area contributed by atoms with E-state index in [0.29, 0.717) is 11.7 Å². The zero-order chi connectivity index (χ0) is 11.3. The molecule has 5 heteroatoms. The van der Waals surface area contributed by atoms with E-state index in [9.17, 15) is 4.79 Å². The van der Waals surface area contributed by atoms with Crippen molar-refractivity contribution in [1.82, 2.24) is 14.9 Å². The Bertz CT molecular complexity index is 361. The summed E-state index contributed by atoms with van der Waals surface area (Å²) in [7, 11) is 3.63. The largest absolute Gasteiger partial charge is 0.365 e. The Labute approximate surface area is 89.5 Å². The molecule has 0 spiro atoms. The summed E-state index contributed by atoms with van der Waals surface area (Å²) in [6, 6.07) is 0. The van der Waals surface area contributed by atoms with Gasteiger partial charge in [0.25, 0.3) is 5.56 Å². The van der Waals surface area contributed by atoms with Crippen LogP contribution in [0.3, 0.4) is 0 Å². The summed E-state index contributed by atoms with van der Waals surface area (Å²) in [6.45, 7) is 3.77. The van der Waals surface area contributed by atoms with Gasteiger partial charge in [-0.25, -0.2) is 4.98 Å². The van der Waals surface area contributed by atoms with Gasteiger partial charge >= 0.3 is 0 Å². The minimum atomic E-state index is -0.0887. The molecule has 0 aromatic carbocycles. The highest BCUT2D eigenvalue weighted by Gasteiger charge is 2.04. The lowest BCUT2D eigenvalue weighted by molar-refractivity contribution is 0.568. The summed E-state index contributed by atoms with van der Waals surface area (Å²) in [4.78, 5) is 15.6. The predicted octanol–water partition coefficient (Wildman–Crippen LogP) is 0.0477. The normalized spacial score (nSPS) is 12.5. The van der Waals surface area contributed by atoms with Gasteiger partial charge in [0.2, 0.25) is 0 Å². The van der Waals surface area contributed by atoms with Crippen LogP contribution in [0.2, 0.25) is 0 Å². The van der Waals surface area contributed by atoms with Crippen molar-refractivity contribution in [1.29, 1.82) is 0 Å². The van der Waals surface area contributed by atoms with E-state index in [1.807, 2.05) is 7.05 Å². The van der Waals surface area contributed by atoms with Crippen LogP contribution in [0.15, 0.2) is 17.2 Å². The molecule has 0 radical (unpaired) electrons. The van der Waals surface area contributed by atoms with Gasteiger partial charge in [0.15, 0.2) is 5.82 Å². The standard InChI is InChI=1S/C10H18N4O/c1-8(6-11-2)7-13-9-10(15)14(3)5-4-12-9/h4-5,8,11H,6-7H2,1-3H3,(H,12,13). The van der Waals surface area contributed by atoms with Crippen LogP contribution in [-0.4, -0.2) is 29.7 Å². The summed E-state index contributed by atoms with van der Waals surface area (Å²) in [5.74, 6) is 0.879. The Morgan fingerprint density at radius 2 is 2.27 bits per heavy atom. The minimum absolute atomic E-state index is 0.0887. The zero-order valence-electron chi connectivity index (χ0n) is 9.45. The molecule has 0 amide bonds. The summed E-state index contributed by atoms with van der Waals surface area (Å²) < 4.78 is 1.51. The molecule has 0 bridgehead atoms. The highest BCUT2D eigenvalue weighted by molar-refractivity contribution is 5.30. The molecule has 1 heterocycles. The number of nitrogens with zero attached hydrogens (tertiary/aromatic N) is 2. The SMILES string of the molecule is CNCC(C)CNc1nccn(C)c1=O. The molecule has 1 unspecified atom stereocenters. The summed E-state index contributed by atoms with van der Waals surface area (Å²) in [5, 5.41) is 6.14. The van der Waals surface area contributed by atoms with Crippen LogP contribution in [0, 0.1) is 5.92 Å². The van der Waals surface area contributed by atoms with E-state index in [-0.39, 0.29) is 5.56 Å². The lowest BCUT2D eigenvalue weighted by Gasteiger charge is -2.12. The highest BCUT2D eigenvalue weighted by atomic mass is 16.1. The van der Waals surface area contributed by atoms with Gasteiger partial charge in [-0.1, -0.05) is 6.92 Å². The van der Waals surface area contributed by atoms with Crippen molar-refractivity contribution in [2.45, 2.75) is 6.92 Å². The van der Waals surface area contributed by atoms with Crippen molar-refractivity contribution < 1.29 is 0 Å². The number of nitrogens with one attached hydrogen (secondary N) is 2. The summed E-state index contributed by atoms with van der Waals surface area (Å²) in [6.07, 6.45) is 3.26. The van der Waals surface area contributed by atoms with E-state index in [2.05, 4.69) is 22.5 Å². The molecule has 0 saturated heterocycles. The predicted molar refractivity (Wildman–Crippen MR) is 61.1 cm³/mol. The van der Waals surface area contributed by atoms with Crippen molar-refractivity contribution in [3.63, 3.8) is 0 Å². The van der Waals surface area contributed by atoms with Crippen molar-refractivity contribution in [2.24, 2.45) is 13.0 Å². The first kappa shape index (κ1) is 11.7. The number of aryl methyl sites for hydroxylation is 1. The summed E-state index contributed by atoms with van der Waals surface area (Å²) in [5.41, 5.74) is -0.0887. The average molecular weight is 210 g/mol.